The fourth-order valence-corrected chi connectivity index (χ4v) is 5.53. The van der Waals surface area contributed by atoms with Crippen LogP contribution in [0.5, 0.6) is 0 Å². The topological polar surface area (TPSA) is 36.8 Å². The van der Waals surface area contributed by atoms with Crippen LogP contribution >= 0.6 is 9.39 Å². The predicted molar refractivity (Wildman–Crippen MR) is 147 cm³/mol. The standard InChI is InChI=1S/C26H29N3S.C2H6/c1-6-20-16-21(24-11-9-15-27-24)13-14-22(20)23-10-7-8-12-25(23)30(4,5)29-26-19(3)18(2)17-28-26;1-2/h7-10,12-16H,4-6,11,17H2,1-3H3,(H,28,29);1-2H3. The summed E-state index contributed by atoms with van der Waals surface area (Å²) in [4.78, 5) is 10.3. The maximum atomic E-state index is 4.65. The van der Waals surface area contributed by atoms with Crippen molar-refractivity contribution in [1.82, 2.24) is 4.72 Å². The molecule has 0 atom stereocenters. The molecule has 0 aromatic heterocycles. The third kappa shape index (κ3) is 4.81. The number of aliphatic imine (C=N–C) groups is 2. The molecule has 4 heteroatoms. The number of aryl methyl sites for hydroxylation is 1. The Hall–Kier alpha value is -2.85. The summed E-state index contributed by atoms with van der Waals surface area (Å²) in [6.07, 6.45) is 5.85. The maximum Gasteiger partial charge on any atom is 0.133 e. The van der Waals surface area contributed by atoms with E-state index in [9.17, 15) is 0 Å². The maximum absolute atomic E-state index is 4.65. The van der Waals surface area contributed by atoms with Crippen molar-refractivity contribution >= 4 is 32.7 Å². The highest BCUT2D eigenvalue weighted by Gasteiger charge is 2.18. The fourth-order valence-electron chi connectivity index (χ4n) is 3.90. The van der Waals surface area contributed by atoms with Gasteiger partial charge in [0.05, 0.1) is 12.3 Å². The first-order valence-corrected chi connectivity index (χ1v) is 13.3. The van der Waals surface area contributed by atoms with E-state index in [1.807, 2.05) is 20.0 Å². The number of hydrogen-bond donors (Lipinski definition) is 1. The molecule has 0 saturated heterocycles. The summed E-state index contributed by atoms with van der Waals surface area (Å²) in [5.41, 5.74) is 8.60. The SMILES string of the molecule is C=S(=C)(NC1=NCC(C)=C1C)c1ccccc1-c1ccc(C2=NC=CC2)cc1CC.CC. The Kier molecular flexibility index (Phi) is 7.57. The van der Waals surface area contributed by atoms with E-state index in [2.05, 4.69) is 95.8 Å². The van der Waals surface area contributed by atoms with Gasteiger partial charge in [0.15, 0.2) is 0 Å². The molecule has 0 unspecified atom stereocenters. The summed E-state index contributed by atoms with van der Waals surface area (Å²) in [6, 6.07) is 15.2. The molecular formula is C28H35N3S. The van der Waals surface area contributed by atoms with Gasteiger partial charge in [-0.3, -0.25) is 9.98 Å². The van der Waals surface area contributed by atoms with Crippen molar-refractivity contribution < 1.29 is 0 Å². The molecule has 0 aliphatic carbocycles. The summed E-state index contributed by atoms with van der Waals surface area (Å²) in [6.45, 7) is 11.2. The molecule has 32 heavy (non-hydrogen) atoms. The van der Waals surface area contributed by atoms with Gasteiger partial charge in [-0.15, -0.1) is 9.39 Å². The Morgan fingerprint density at radius 1 is 1.03 bits per heavy atom. The molecule has 0 fully saturated rings. The van der Waals surface area contributed by atoms with Gasteiger partial charge >= 0.3 is 0 Å². The molecule has 168 valence electrons. The Bertz CT molecular complexity index is 1230. The number of nitrogens with zero attached hydrogens (tertiary/aromatic N) is 2. The van der Waals surface area contributed by atoms with Gasteiger partial charge in [-0.1, -0.05) is 68.9 Å². The second-order valence-electron chi connectivity index (χ2n) is 7.94. The molecule has 3 nitrogen and oxygen atoms in total. The van der Waals surface area contributed by atoms with Crippen LogP contribution in [-0.4, -0.2) is 29.8 Å². The van der Waals surface area contributed by atoms with Gasteiger partial charge in [0.2, 0.25) is 0 Å². The lowest BCUT2D eigenvalue weighted by Crippen LogP contribution is -2.20. The van der Waals surface area contributed by atoms with Gasteiger partial charge in [0.1, 0.15) is 5.84 Å². The van der Waals surface area contributed by atoms with E-state index in [-0.39, 0.29) is 0 Å². The average molecular weight is 446 g/mol. The Labute approximate surface area is 194 Å². The van der Waals surface area contributed by atoms with Crippen LogP contribution in [0, 0.1) is 0 Å². The zero-order chi connectivity index (χ0) is 23.3. The highest BCUT2D eigenvalue weighted by molar-refractivity contribution is 8.26. The zero-order valence-corrected chi connectivity index (χ0v) is 20.9. The normalized spacial score (nSPS) is 15.3. The monoisotopic (exact) mass is 445 g/mol. The molecular weight excluding hydrogens is 410 g/mol. The van der Waals surface area contributed by atoms with Crippen LogP contribution in [0.1, 0.15) is 52.2 Å². The van der Waals surface area contributed by atoms with Crippen molar-refractivity contribution in [3.63, 3.8) is 0 Å². The van der Waals surface area contributed by atoms with Gasteiger partial charge in [-0.05, 0) is 65.8 Å². The minimum Gasteiger partial charge on any atom is -0.323 e. The second kappa shape index (κ2) is 10.2. The summed E-state index contributed by atoms with van der Waals surface area (Å²) < 4.78 is 3.58. The molecule has 0 bridgehead atoms. The van der Waals surface area contributed by atoms with Crippen LogP contribution in [0.4, 0.5) is 0 Å². The molecule has 2 heterocycles. The molecule has 2 aliphatic heterocycles. The lowest BCUT2D eigenvalue weighted by Gasteiger charge is -2.23. The highest BCUT2D eigenvalue weighted by Crippen LogP contribution is 2.39. The van der Waals surface area contributed by atoms with Crippen LogP contribution in [-0.2, 0) is 6.42 Å². The van der Waals surface area contributed by atoms with Crippen molar-refractivity contribution in [1.29, 1.82) is 0 Å². The number of rotatable bonds is 5. The zero-order valence-electron chi connectivity index (χ0n) is 20.0. The van der Waals surface area contributed by atoms with Crippen LogP contribution in [0.15, 0.2) is 80.8 Å². The van der Waals surface area contributed by atoms with Gasteiger partial charge in [0, 0.05) is 17.5 Å². The van der Waals surface area contributed by atoms with Gasteiger partial charge in [0.25, 0.3) is 0 Å². The smallest absolute Gasteiger partial charge is 0.133 e. The molecule has 2 aliphatic rings. The van der Waals surface area contributed by atoms with E-state index in [1.54, 1.807) is 0 Å². The van der Waals surface area contributed by atoms with Crippen LogP contribution in [0.3, 0.4) is 0 Å². The number of hydrogen-bond acceptors (Lipinski definition) is 3. The van der Waals surface area contributed by atoms with E-state index in [1.165, 1.54) is 33.4 Å². The molecule has 0 radical (unpaired) electrons. The van der Waals surface area contributed by atoms with Crippen molar-refractivity contribution in [3.8, 4) is 11.1 Å². The highest BCUT2D eigenvalue weighted by atomic mass is 32.2. The minimum atomic E-state index is -1.78. The first-order chi connectivity index (χ1) is 15.4. The second-order valence-corrected chi connectivity index (χ2v) is 10.4. The largest absolute Gasteiger partial charge is 0.323 e. The van der Waals surface area contributed by atoms with Crippen LogP contribution in [0.2, 0.25) is 0 Å². The van der Waals surface area contributed by atoms with Crippen molar-refractivity contribution in [2.75, 3.05) is 6.54 Å². The number of nitrogens with one attached hydrogen (secondary N) is 1. The third-order valence-electron chi connectivity index (χ3n) is 5.83. The van der Waals surface area contributed by atoms with Crippen molar-refractivity contribution in [2.45, 2.75) is 52.4 Å². The minimum absolute atomic E-state index is 0.755. The average Bonchev–Trinajstić information content (AvgIpc) is 3.46. The first kappa shape index (κ1) is 23.8. The molecule has 1 N–H and O–H groups in total. The van der Waals surface area contributed by atoms with E-state index >= 15 is 0 Å². The number of amidine groups is 1. The molecule has 0 saturated carbocycles. The third-order valence-corrected chi connectivity index (χ3v) is 7.61. The molecule has 2 aromatic rings. The predicted octanol–water partition coefficient (Wildman–Crippen LogP) is 6.93. The van der Waals surface area contributed by atoms with E-state index in [0.717, 1.165) is 35.8 Å². The Morgan fingerprint density at radius 3 is 2.41 bits per heavy atom. The lowest BCUT2D eigenvalue weighted by molar-refractivity contribution is 1.14. The summed E-state index contributed by atoms with van der Waals surface area (Å²) in [5, 5.41) is 0. The van der Waals surface area contributed by atoms with Crippen molar-refractivity contribution in [2.24, 2.45) is 9.98 Å². The molecule has 0 spiro atoms. The fraction of sp³-hybridized carbons (Fsp3) is 0.286. The van der Waals surface area contributed by atoms with Crippen LogP contribution in [0.25, 0.3) is 11.1 Å². The van der Waals surface area contributed by atoms with Gasteiger partial charge < -0.3 is 4.72 Å². The lowest BCUT2D eigenvalue weighted by atomic mass is 9.94. The Balaban J connectivity index is 0.00000141. The molecule has 2 aromatic carbocycles. The summed E-state index contributed by atoms with van der Waals surface area (Å²) in [5.74, 6) is 9.96. The van der Waals surface area contributed by atoms with E-state index in [0.29, 0.717) is 0 Å². The van der Waals surface area contributed by atoms with Crippen LogP contribution < -0.4 is 4.72 Å². The van der Waals surface area contributed by atoms with E-state index in [4.69, 9.17) is 0 Å². The number of benzene rings is 2. The Morgan fingerprint density at radius 2 is 1.78 bits per heavy atom. The quantitative estimate of drug-likeness (QED) is 0.498. The van der Waals surface area contributed by atoms with E-state index < -0.39 is 9.39 Å². The van der Waals surface area contributed by atoms with Gasteiger partial charge in [-0.25, -0.2) is 0 Å². The summed E-state index contributed by atoms with van der Waals surface area (Å²) >= 11 is 0. The van der Waals surface area contributed by atoms with Gasteiger partial charge in [-0.2, -0.15) is 0 Å². The van der Waals surface area contributed by atoms with Crippen molar-refractivity contribution in [3.05, 3.63) is 77.0 Å². The summed E-state index contributed by atoms with van der Waals surface area (Å²) in [7, 11) is -1.78. The molecule has 4 rings (SSSR count). The first-order valence-electron chi connectivity index (χ1n) is 11.3. The molecule has 0 amide bonds. The number of allylic oxidation sites excluding steroid dienone is 1.